The molecule has 12 heavy (non-hydrogen) atoms. The number of halogens is 1. The lowest BCUT2D eigenvalue weighted by atomic mass is 10.4. The third-order valence-corrected chi connectivity index (χ3v) is 2.85. The van der Waals surface area contributed by atoms with E-state index in [4.69, 9.17) is 15.1 Å². The molecule has 1 aromatic heterocycles. The Hall–Kier alpha value is -0.0900. The summed E-state index contributed by atoms with van der Waals surface area (Å²) in [5.74, 6) is 0. The van der Waals surface area contributed by atoms with E-state index in [2.05, 4.69) is 20.9 Å². The zero-order valence-electron chi connectivity index (χ0n) is 16.7. The van der Waals surface area contributed by atoms with Gasteiger partial charge in [0.2, 0.25) is 0 Å². The van der Waals surface area contributed by atoms with Gasteiger partial charge in [0.25, 0.3) is 0 Å². The van der Waals surface area contributed by atoms with E-state index in [0.717, 1.165) is 0 Å². The number of aryl methyl sites for hydroxylation is 1. The van der Waals surface area contributed by atoms with Crippen molar-refractivity contribution in [3.05, 3.63) is 9.48 Å². The van der Waals surface area contributed by atoms with Crippen LogP contribution in [-0.2, 0) is 0 Å². The first-order valence-corrected chi connectivity index (χ1v) is 4.57. The molecule has 0 radical (unpaired) electrons. The zero-order valence-corrected chi connectivity index (χ0v) is 8.08. The maximum absolute atomic E-state index is 7.88. The fourth-order valence-corrected chi connectivity index (χ4v) is 1.84. The third kappa shape index (κ3) is 1.50. The molecule has 2 heterocycles. The molecule has 0 N–H and O–H groups in total. The summed E-state index contributed by atoms with van der Waals surface area (Å²) in [4.78, 5) is 3.75. The van der Waals surface area contributed by atoms with Crippen molar-refractivity contribution in [1.29, 1.82) is 0 Å². The highest BCUT2D eigenvalue weighted by atomic mass is 79.9. The predicted octanol–water partition coefficient (Wildman–Crippen LogP) is 2.81. The molecular formula is C8H11BrN2S. The van der Waals surface area contributed by atoms with Crippen molar-refractivity contribution in [1.82, 2.24) is 4.98 Å². The molecule has 66 valence electrons. The fraction of sp³-hybridized carbons (Fsp3) is 0.625. The van der Waals surface area contributed by atoms with E-state index in [1.54, 1.807) is 0 Å². The minimum Gasteiger partial charge on any atom is -0.348 e. The third-order valence-electron chi connectivity index (χ3n) is 1.16. The Balaban J connectivity index is 2.68. The van der Waals surface area contributed by atoms with Crippen molar-refractivity contribution >= 4 is 32.4 Å². The molecule has 1 aliphatic heterocycles. The zero-order chi connectivity index (χ0) is 18.2. The summed E-state index contributed by atoms with van der Waals surface area (Å²) < 4.78 is 84.3. The lowest BCUT2D eigenvalue weighted by Gasteiger charge is -2.11. The Morgan fingerprint density at radius 2 is 2.42 bits per heavy atom. The van der Waals surface area contributed by atoms with Gasteiger partial charge in [-0.2, -0.15) is 0 Å². The monoisotopic (exact) mass is 257 g/mol. The highest BCUT2D eigenvalue weighted by Gasteiger charge is 2.16. The van der Waals surface area contributed by atoms with E-state index in [9.17, 15) is 0 Å². The number of thiazole rings is 1. The van der Waals surface area contributed by atoms with Crippen molar-refractivity contribution in [2.45, 2.75) is 19.6 Å². The summed E-state index contributed by atoms with van der Waals surface area (Å²) in [6.45, 7) is -8.74. The largest absolute Gasteiger partial charge is 0.348 e. The molecule has 0 saturated carbocycles. The maximum atomic E-state index is 7.88. The predicted molar refractivity (Wildman–Crippen MR) is 56.0 cm³/mol. The molecule has 1 aliphatic rings. The molecule has 2 nitrogen and oxygen atoms in total. The van der Waals surface area contributed by atoms with Crippen LogP contribution in [0.2, 0.25) is 0 Å². The molecule has 4 heteroatoms. The number of hydrogen-bond donors (Lipinski definition) is 0. The Labute approximate surface area is 100 Å². The first-order valence-electron chi connectivity index (χ1n) is 8.47. The smallest absolute Gasteiger partial charge is 0.186 e. The van der Waals surface area contributed by atoms with Crippen molar-refractivity contribution < 1.29 is 15.1 Å². The fourth-order valence-electron chi connectivity index (χ4n) is 0.678. The molecule has 1 fully saturated rings. The van der Waals surface area contributed by atoms with Crippen LogP contribution in [0.5, 0.6) is 0 Å². The van der Waals surface area contributed by atoms with Gasteiger partial charge in [0.1, 0.15) is 4.60 Å². The van der Waals surface area contributed by atoms with E-state index in [-0.39, 0.29) is 14.4 Å². The van der Waals surface area contributed by atoms with Gasteiger partial charge in [-0.1, -0.05) is 0 Å². The van der Waals surface area contributed by atoms with Crippen LogP contribution in [0.15, 0.2) is 4.60 Å². The molecule has 0 atom stereocenters. The second-order valence-electron chi connectivity index (χ2n) is 1.93. The normalized spacial score (nSPS) is 48.8. The van der Waals surface area contributed by atoms with E-state index >= 15 is 0 Å². The van der Waals surface area contributed by atoms with E-state index in [0.29, 0.717) is 11.3 Å². The summed E-state index contributed by atoms with van der Waals surface area (Å²) in [7, 11) is 0. The molecule has 0 aliphatic carbocycles. The second-order valence-corrected chi connectivity index (χ2v) is 3.65. The van der Waals surface area contributed by atoms with Gasteiger partial charge in [0.15, 0.2) is 5.13 Å². The second kappa shape index (κ2) is 3.34. The molecule has 0 aromatic carbocycles. The van der Waals surface area contributed by atoms with Crippen LogP contribution in [0.25, 0.3) is 0 Å². The van der Waals surface area contributed by atoms with Crippen LogP contribution in [0.4, 0.5) is 5.13 Å². The lowest BCUT2D eigenvalue weighted by molar-refractivity contribution is 0.949. The first kappa shape index (κ1) is 2.48. The Morgan fingerprint density at radius 3 is 3.00 bits per heavy atom. The summed E-state index contributed by atoms with van der Waals surface area (Å²) in [6.07, 6.45) is -6.39. The van der Waals surface area contributed by atoms with Gasteiger partial charge < -0.3 is 4.90 Å². The molecule has 1 aromatic rings. The molecule has 0 amide bonds. The molecule has 0 bridgehead atoms. The Kier molecular flexibility index (Phi) is 0.690. The van der Waals surface area contributed by atoms with Crippen LogP contribution in [0, 0.1) is 6.85 Å². The van der Waals surface area contributed by atoms with E-state index < -0.39 is 37.7 Å². The van der Waals surface area contributed by atoms with Crippen molar-refractivity contribution in [2.75, 3.05) is 17.9 Å². The van der Waals surface area contributed by atoms with Crippen LogP contribution in [0.1, 0.15) is 32.7 Å². The van der Waals surface area contributed by atoms with Crippen LogP contribution < -0.4 is 4.90 Å². The topological polar surface area (TPSA) is 16.1 Å². The molecule has 1 saturated heterocycles. The van der Waals surface area contributed by atoms with Gasteiger partial charge in [-0.15, -0.1) is 11.3 Å². The minimum atomic E-state index is -3.19. The van der Waals surface area contributed by atoms with Crippen LogP contribution >= 0.6 is 27.3 Å². The summed E-state index contributed by atoms with van der Waals surface area (Å²) >= 11 is 3.37. The van der Waals surface area contributed by atoms with Gasteiger partial charge >= 0.3 is 0 Å². The Bertz CT molecular complexity index is 610. The van der Waals surface area contributed by atoms with Crippen molar-refractivity contribution in [3.8, 4) is 0 Å². The number of hydrogen-bond acceptors (Lipinski definition) is 3. The van der Waals surface area contributed by atoms with Crippen LogP contribution in [-0.4, -0.2) is 18.0 Å². The highest BCUT2D eigenvalue weighted by molar-refractivity contribution is 9.10. The number of nitrogens with zero attached hydrogens (tertiary/aromatic N) is 2. The maximum Gasteiger partial charge on any atom is 0.186 e. The average molecular weight is 258 g/mol. The molecular weight excluding hydrogens is 236 g/mol. The summed E-state index contributed by atoms with van der Waals surface area (Å²) in [5.41, 5.74) is 0. The summed E-state index contributed by atoms with van der Waals surface area (Å²) in [6, 6.07) is 0. The highest BCUT2D eigenvalue weighted by Crippen LogP contribution is 2.30. The van der Waals surface area contributed by atoms with Gasteiger partial charge in [0.05, 0.1) is 0 Å². The molecule has 0 spiro atoms. The lowest BCUT2D eigenvalue weighted by Crippen LogP contribution is -2.16. The minimum absolute atomic E-state index is 0.142. The van der Waals surface area contributed by atoms with E-state index in [1.807, 2.05) is 0 Å². The number of rotatable bonds is 1. The number of aromatic nitrogens is 1. The average Bonchev–Trinajstić information content (AvgIpc) is 2.71. The quantitative estimate of drug-likeness (QED) is 0.770. The molecule has 0 unspecified atom stereocenters. The molecule has 2 rings (SSSR count). The standard InChI is InChI=1S/C8H11BrN2S/c1-6-7(9)10-8(12-6)11-4-2-3-5-11/h2-5H2,1H3/i1D3,2D2,3D2,4D2,5D2. The Morgan fingerprint density at radius 1 is 1.67 bits per heavy atom. The number of anilines is 1. The van der Waals surface area contributed by atoms with Crippen molar-refractivity contribution in [2.24, 2.45) is 0 Å². The van der Waals surface area contributed by atoms with Gasteiger partial charge in [-0.25, -0.2) is 4.98 Å². The van der Waals surface area contributed by atoms with Crippen LogP contribution in [0.3, 0.4) is 0 Å². The van der Waals surface area contributed by atoms with E-state index in [1.165, 1.54) is 0 Å². The van der Waals surface area contributed by atoms with Gasteiger partial charge in [-0.3, -0.25) is 0 Å². The summed E-state index contributed by atoms with van der Waals surface area (Å²) in [5, 5.41) is -0.455. The SMILES string of the molecule is [2H]C([2H])([2H])c1sc(N2C([2H])([2H])C([2H])([2H])C([2H])([2H])C2([2H])[2H])nc1Br. The van der Waals surface area contributed by atoms with Crippen molar-refractivity contribution in [3.63, 3.8) is 0 Å². The first-order chi connectivity index (χ1) is 9.99. The van der Waals surface area contributed by atoms with Gasteiger partial charge in [0, 0.05) is 32.9 Å². The van der Waals surface area contributed by atoms with Gasteiger partial charge in [-0.05, 0) is 35.5 Å².